The number of ketones is 2. The Morgan fingerprint density at radius 1 is 1.15 bits per heavy atom. The first kappa shape index (κ1) is 33.6. The SMILES string of the molecule is C[C@]12C=CC(=O)C=C1CC[C@@H]1[C@@H]2[C@@H](O)C[C@@]2(C)[C@H]1CC[C@]2(O)C(=O)COC(=O)CCC(=O)N[C@H](Cc1c[nH]c2ccc(O)cc12)C(=O)O. The number of phenols is 1. The molecule has 12 nitrogen and oxygen atoms in total. The number of Topliss-reactive ketones (excluding diaryl/α,β-unsaturated/α-hetero) is 1. The highest BCUT2D eigenvalue weighted by Crippen LogP contribution is 2.67. The van der Waals surface area contributed by atoms with Gasteiger partial charge >= 0.3 is 11.9 Å². The molecule has 1 amide bonds. The van der Waals surface area contributed by atoms with E-state index in [1.165, 1.54) is 12.1 Å². The van der Waals surface area contributed by atoms with Crippen LogP contribution in [0.3, 0.4) is 0 Å². The van der Waals surface area contributed by atoms with Gasteiger partial charge in [-0.25, -0.2) is 4.79 Å². The number of fused-ring (bicyclic) bond motifs is 6. The summed E-state index contributed by atoms with van der Waals surface area (Å²) in [7, 11) is 0. The summed E-state index contributed by atoms with van der Waals surface area (Å²) >= 11 is 0. The van der Waals surface area contributed by atoms with E-state index in [0.29, 0.717) is 29.3 Å². The van der Waals surface area contributed by atoms with Gasteiger partial charge in [-0.15, -0.1) is 0 Å². The number of ether oxygens (including phenoxy) is 1. The average molecular weight is 663 g/mol. The number of carboxylic acid groups (broad SMARTS) is 1. The fraction of sp³-hybridized carbons (Fsp3) is 0.528. The molecule has 6 N–H and O–H groups in total. The fourth-order valence-electron chi connectivity index (χ4n) is 9.36. The highest BCUT2D eigenvalue weighted by Gasteiger charge is 2.68. The summed E-state index contributed by atoms with van der Waals surface area (Å²) in [6.07, 6.45) is 7.43. The van der Waals surface area contributed by atoms with Crippen LogP contribution in [0.5, 0.6) is 5.75 Å². The molecule has 0 saturated heterocycles. The van der Waals surface area contributed by atoms with Crippen LogP contribution in [-0.2, 0) is 35.1 Å². The van der Waals surface area contributed by atoms with Gasteiger partial charge in [-0.1, -0.05) is 25.5 Å². The van der Waals surface area contributed by atoms with Gasteiger partial charge in [0.1, 0.15) is 17.4 Å². The summed E-state index contributed by atoms with van der Waals surface area (Å²) < 4.78 is 5.20. The first-order chi connectivity index (χ1) is 22.7. The van der Waals surface area contributed by atoms with E-state index in [4.69, 9.17) is 4.74 Å². The zero-order valence-electron chi connectivity index (χ0n) is 27.0. The summed E-state index contributed by atoms with van der Waals surface area (Å²) in [4.78, 5) is 65.6. The second kappa shape index (κ2) is 12.3. The van der Waals surface area contributed by atoms with Crippen molar-refractivity contribution in [2.45, 2.75) is 83.0 Å². The quantitative estimate of drug-likeness (QED) is 0.205. The molecule has 0 bridgehead atoms. The van der Waals surface area contributed by atoms with E-state index in [1.807, 2.05) is 13.0 Å². The molecule has 1 heterocycles. The molecule has 12 heteroatoms. The second-order valence-electron chi connectivity index (χ2n) is 14.4. The van der Waals surface area contributed by atoms with Crippen molar-refractivity contribution in [3.8, 4) is 5.75 Å². The number of carbonyl (C=O) groups excluding carboxylic acids is 4. The van der Waals surface area contributed by atoms with Crippen molar-refractivity contribution >= 4 is 40.3 Å². The minimum Gasteiger partial charge on any atom is -0.508 e. The molecular formula is C36H42N2O10. The number of hydrogen-bond donors (Lipinski definition) is 6. The van der Waals surface area contributed by atoms with Crippen molar-refractivity contribution < 1.29 is 49.1 Å². The van der Waals surface area contributed by atoms with E-state index >= 15 is 0 Å². The van der Waals surface area contributed by atoms with Gasteiger partial charge in [-0.05, 0) is 79.9 Å². The Bertz CT molecular complexity index is 1740. The molecule has 6 rings (SSSR count). The third-order valence-electron chi connectivity index (χ3n) is 11.8. The van der Waals surface area contributed by atoms with Gasteiger partial charge in [0.05, 0.1) is 12.5 Å². The fourth-order valence-corrected chi connectivity index (χ4v) is 9.36. The number of aromatic nitrogens is 1. The van der Waals surface area contributed by atoms with E-state index in [1.54, 1.807) is 24.4 Å². The molecule has 3 saturated carbocycles. The standard InChI is InChI=1S/C36H42N2O10/c1-34-11-9-22(40)14-20(34)3-5-23-25-10-12-36(47,35(25,2)16-28(41)32(23)34)29(42)18-48-31(44)8-7-30(43)38-27(33(45)46)13-19-17-37-26-6-4-21(39)15-24(19)26/h4,6,9,11,14-15,17,23,25,27-28,32,37,39,41,47H,3,5,7-8,10,12-13,16,18H2,1-2H3,(H,38,43)(H,45,46)/t23-,25-,27+,28-,32+,34-,35-,36-/m0/s1. The van der Waals surface area contributed by atoms with Gasteiger partial charge < -0.3 is 35.5 Å². The number of benzene rings is 1. The second-order valence-corrected chi connectivity index (χ2v) is 14.4. The van der Waals surface area contributed by atoms with Gasteiger partial charge in [0.25, 0.3) is 0 Å². The molecule has 0 unspecified atom stereocenters. The lowest BCUT2D eigenvalue weighted by atomic mass is 9.46. The highest BCUT2D eigenvalue weighted by atomic mass is 16.5. The number of aliphatic hydroxyl groups is 2. The van der Waals surface area contributed by atoms with Gasteiger partial charge in [-0.2, -0.15) is 0 Å². The number of allylic oxidation sites excluding steroid dienone is 4. The lowest BCUT2D eigenvalue weighted by Crippen LogP contribution is -2.61. The van der Waals surface area contributed by atoms with E-state index in [0.717, 1.165) is 12.0 Å². The lowest BCUT2D eigenvalue weighted by molar-refractivity contribution is -0.181. The zero-order chi connectivity index (χ0) is 34.6. The van der Waals surface area contributed by atoms with Crippen LogP contribution in [0, 0.1) is 28.6 Å². The normalized spacial score (nSPS) is 32.8. The Kier molecular flexibility index (Phi) is 8.61. The number of nitrogens with one attached hydrogen (secondary N) is 2. The molecule has 0 radical (unpaired) electrons. The van der Waals surface area contributed by atoms with Crippen LogP contribution < -0.4 is 5.32 Å². The van der Waals surface area contributed by atoms with Crippen LogP contribution in [0.4, 0.5) is 0 Å². The van der Waals surface area contributed by atoms with Crippen LogP contribution >= 0.6 is 0 Å². The Labute approximate surface area is 277 Å². The molecular weight excluding hydrogens is 620 g/mol. The molecule has 3 fully saturated rings. The Hall–Kier alpha value is -4.29. The molecule has 256 valence electrons. The first-order valence-corrected chi connectivity index (χ1v) is 16.5. The third kappa shape index (κ3) is 5.64. The van der Waals surface area contributed by atoms with Crippen molar-refractivity contribution in [2.24, 2.45) is 28.6 Å². The van der Waals surface area contributed by atoms with Crippen molar-refractivity contribution in [3.05, 3.63) is 53.8 Å². The molecule has 0 spiro atoms. The summed E-state index contributed by atoms with van der Waals surface area (Å²) in [5.41, 5.74) is -0.952. The lowest BCUT2D eigenvalue weighted by Gasteiger charge is -2.59. The van der Waals surface area contributed by atoms with Gasteiger partial charge in [0.2, 0.25) is 11.7 Å². The van der Waals surface area contributed by atoms with E-state index < -0.39 is 65.2 Å². The van der Waals surface area contributed by atoms with Crippen LogP contribution in [0.1, 0.15) is 64.4 Å². The maximum atomic E-state index is 13.5. The molecule has 1 aromatic carbocycles. The summed E-state index contributed by atoms with van der Waals surface area (Å²) in [5, 5.41) is 45.9. The number of rotatable bonds is 10. The molecule has 0 aliphatic heterocycles. The van der Waals surface area contributed by atoms with E-state index in [2.05, 4.69) is 17.2 Å². The first-order valence-electron chi connectivity index (χ1n) is 16.5. The molecule has 4 aliphatic carbocycles. The third-order valence-corrected chi connectivity index (χ3v) is 11.8. The van der Waals surface area contributed by atoms with Crippen LogP contribution in [-0.4, -0.2) is 79.2 Å². The molecule has 1 aromatic heterocycles. The molecule has 8 atom stereocenters. The number of H-pyrrole nitrogens is 1. The minimum absolute atomic E-state index is 0.0153. The number of carbonyl (C=O) groups is 5. The Balaban J connectivity index is 1.03. The van der Waals surface area contributed by atoms with Crippen LogP contribution in [0.15, 0.2) is 48.2 Å². The Morgan fingerprint density at radius 3 is 2.67 bits per heavy atom. The van der Waals surface area contributed by atoms with E-state index in [-0.39, 0.29) is 55.0 Å². The smallest absolute Gasteiger partial charge is 0.326 e. The van der Waals surface area contributed by atoms with Crippen LogP contribution in [0.2, 0.25) is 0 Å². The number of aliphatic hydroxyl groups excluding tert-OH is 1. The van der Waals surface area contributed by atoms with Gasteiger partial charge in [-0.3, -0.25) is 19.2 Å². The van der Waals surface area contributed by atoms with Crippen molar-refractivity contribution in [1.29, 1.82) is 0 Å². The minimum atomic E-state index is -1.81. The number of aliphatic carboxylic acids is 1. The van der Waals surface area contributed by atoms with Crippen molar-refractivity contribution in [3.63, 3.8) is 0 Å². The topological polar surface area (TPSA) is 203 Å². The molecule has 2 aromatic rings. The summed E-state index contributed by atoms with van der Waals surface area (Å²) in [5.74, 6) is -3.69. The van der Waals surface area contributed by atoms with Gasteiger partial charge in [0.15, 0.2) is 12.4 Å². The number of phenolic OH excluding ortho intramolecular Hbond substituents is 1. The number of carboxylic acids is 1. The maximum absolute atomic E-state index is 13.5. The monoisotopic (exact) mass is 662 g/mol. The summed E-state index contributed by atoms with van der Waals surface area (Å²) in [6, 6.07) is 3.35. The number of aromatic hydroxyl groups is 1. The predicted octanol–water partition coefficient (Wildman–Crippen LogP) is 2.89. The number of amides is 1. The molecule has 48 heavy (non-hydrogen) atoms. The van der Waals surface area contributed by atoms with Gasteiger partial charge in [0, 0.05) is 46.7 Å². The number of aromatic amines is 1. The summed E-state index contributed by atoms with van der Waals surface area (Å²) in [6.45, 7) is 3.19. The van der Waals surface area contributed by atoms with E-state index in [9.17, 15) is 44.4 Å². The average Bonchev–Trinajstić information content (AvgIpc) is 3.55. The zero-order valence-corrected chi connectivity index (χ0v) is 27.0. The largest absolute Gasteiger partial charge is 0.508 e. The van der Waals surface area contributed by atoms with Crippen LogP contribution in [0.25, 0.3) is 10.9 Å². The Morgan fingerprint density at radius 2 is 1.92 bits per heavy atom. The van der Waals surface area contributed by atoms with Crippen molar-refractivity contribution in [2.75, 3.05) is 6.61 Å². The number of hydrogen-bond acceptors (Lipinski definition) is 9. The number of esters is 1. The maximum Gasteiger partial charge on any atom is 0.326 e. The van der Waals surface area contributed by atoms with Crippen molar-refractivity contribution in [1.82, 2.24) is 10.3 Å². The highest BCUT2D eigenvalue weighted by molar-refractivity contribution is 6.01. The molecule has 4 aliphatic rings. The predicted molar refractivity (Wildman–Crippen MR) is 171 cm³/mol.